The fraction of sp³-hybridized carbons (Fsp3) is 0.526. The molecule has 2 saturated heterocycles. The number of sulfone groups is 1. The molecule has 3 heterocycles. The minimum Gasteiger partial charge on any atom is -0.340 e. The Bertz CT molecular complexity index is 964. The molecule has 0 aliphatic carbocycles. The van der Waals surface area contributed by atoms with Gasteiger partial charge in [0.25, 0.3) is 0 Å². The van der Waals surface area contributed by atoms with E-state index in [0.717, 1.165) is 11.1 Å². The van der Waals surface area contributed by atoms with E-state index in [1.54, 1.807) is 4.90 Å². The van der Waals surface area contributed by atoms with Gasteiger partial charge in [0.05, 0.1) is 24.0 Å². The Kier molecular flexibility index (Phi) is 5.20. The number of carbonyl (C=O) groups is 1. The second-order valence-electron chi connectivity index (χ2n) is 7.53. The number of amides is 1. The van der Waals surface area contributed by atoms with Crippen LogP contribution in [0.3, 0.4) is 0 Å². The Hall–Kier alpha value is -2.26. The molecule has 28 heavy (non-hydrogen) atoms. The minimum atomic E-state index is -3.04. The van der Waals surface area contributed by atoms with Crippen molar-refractivity contribution >= 4 is 15.7 Å². The van der Waals surface area contributed by atoms with Crippen molar-refractivity contribution in [1.82, 2.24) is 19.9 Å². The smallest absolute Gasteiger partial charge is 0.241 e. The van der Waals surface area contributed by atoms with Crippen LogP contribution in [0.5, 0.6) is 0 Å². The number of rotatable bonds is 4. The maximum absolute atomic E-state index is 12.5. The largest absolute Gasteiger partial charge is 0.340 e. The molecule has 1 amide bonds. The second-order valence-corrected chi connectivity index (χ2v) is 9.76. The van der Waals surface area contributed by atoms with Crippen LogP contribution in [0.15, 0.2) is 28.8 Å². The van der Waals surface area contributed by atoms with Crippen LogP contribution in [0.1, 0.15) is 17.9 Å². The molecular weight excluding hydrogens is 380 g/mol. The average molecular weight is 404 g/mol. The van der Waals surface area contributed by atoms with Gasteiger partial charge >= 0.3 is 0 Å². The summed E-state index contributed by atoms with van der Waals surface area (Å²) in [5, 5.41) is 4.09. The minimum absolute atomic E-state index is 0.00425. The van der Waals surface area contributed by atoms with E-state index < -0.39 is 9.84 Å². The Morgan fingerprint density at radius 1 is 1.21 bits per heavy atom. The predicted octanol–water partition coefficient (Wildman–Crippen LogP) is 1.12. The van der Waals surface area contributed by atoms with Crippen LogP contribution in [0.4, 0.5) is 0 Å². The first-order chi connectivity index (χ1) is 13.4. The molecule has 1 unspecified atom stereocenters. The molecule has 9 heteroatoms. The maximum Gasteiger partial charge on any atom is 0.241 e. The van der Waals surface area contributed by atoms with Crippen LogP contribution in [-0.2, 0) is 21.2 Å². The van der Waals surface area contributed by atoms with E-state index in [2.05, 4.69) is 15.0 Å². The zero-order valence-electron chi connectivity index (χ0n) is 15.9. The number of benzene rings is 1. The van der Waals surface area contributed by atoms with Gasteiger partial charge in [-0.2, -0.15) is 4.98 Å². The lowest BCUT2D eigenvalue weighted by molar-refractivity contribution is -0.136. The fourth-order valence-electron chi connectivity index (χ4n) is 3.82. The van der Waals surface area contributed by atoms with E-state index >= 15 is 0 Å². The highest BCUT2D eigenvalue weighted by atomic mass is 32.2. The van der Waals surface area contributed by atoms with Crippen molar-refractivity contribution in [3.8, 4) is 11.4 Å². The summed E-state index contributed by atoms with van der Waals surface area (Å²) >= 11 is 0. The van der Waals surface area contributed by atoms with Gasteiger partial charge in [-0.15, -0.1) is 0 Å². The molecule has 2 aliphatic rings. The van der Waals surface area contributed by atoms with Crippen molar-refractivity contribution in [3.63, 3.8) is 0 Å². The summed E-state index contributed by atoms with van der Waals surface area (Å²) in [6.45, 7) is 5.14. The first kappa shape index (κ1) is 19.1. The zero-order chi connectivity index (χ0) is 19.7. The van der Waals surface area contributed by atoms with E-state index in [-0.39, 0.29) is 23.3 Å². The van der Waals surface area contributed by atoms with Gasteiger partial charge in [0.2, 0.25) is 17.6 Å². The summed E-state index contributed by atoms with van der Waals surface area (Å²) in [6, 6.07) is 7.90. The summed E-state index contributed by atoms with van der Waals surface area (Å²) in [4.78, 5) is 21.0. The third-order valence-corrected chi connectivity index (χ3v) is 7.25. The molecular formula is C19H24N4O4S. The van der Waals surface area contributed by atoms with Crippen molar-refractivity contribution in [2.75, 3.05) is 37.7 Å². The van der Waals surface area contributed by atoms with Crippen molar-refractivity contribution in [2.45, 2.75) is 19.9 Å². The number of carbonyl (C=O) groups excluding carboxylic acids is 1. The number of aromatic nitrogens is 2. The van der Waals surface area contributed by atoms with Gasteiger partial charge in [0.15, 0.2) is 9.84 Å². The summed E-state index contributed by atoms with van der Waals surface area (Å²) in [7, 11) is -3.04. The zero-order valence-corrected chi connectivity index (χ0v) is 16.7. The molecule has 8 nitrogen and oxygen atoms in total. The lowest BCUT2D eigenvalue weighted by atomic mass is 10.1. The van der Waals surface area contributed by atoms with Gasteiger partial charge in [-0.1, -0.05) is 29.4 Å². The third kappa shape index (κ3) is 4.10. The van der Waals surface area contributed by atoms with Crippen molar-refractivity contribution in [1.29, 1.82) is 0 Å². The normalized spacial score (nSPS) is 22.5. The third-order valence-electron chi connectivity index (χ3n) is 5.48. The lowest BCUT2D eigenvalue weighted by Crippen LogP contribution is -2.50. The standard InChI is InChI=1S/C19H24N4O4S/c1-14-4-2-3-5-16(14)18-20-17(27-21-18)12-22-7-9-23(10-8-22)19(24)15-6-11-28(25,26)13-15/h2-5,15H,6-13H2,1H3. The molecule has 1 aromatic carbocycles. The lowest BCUT2D eigenvalue weighted by Gasteiger charge is -2.35. The van der Waals surface area contributed by atoms with Crippen LogP contribution in [0.25, 0.3) is 11.4 Å². The van der Waals surface area contributed by atoms with Gasteiger partial charge in [-0.3, -0.25) is 9.69 Å². The number of hydrogen-bond acceptors (Lipinski definition) is 7. The molecule has 0 radical (unpaired) electrons. The van der Waals surface area contributed by atoms with E-state index in [0.29, 0.717) is 50.9 Å². The SMILES string of the molecule is Cc1ccccc1-c1noc(CN2CCN(C(=O)C3CCS(=O)(=O)C3)CC2)n1. The number of piperazine rings is 1. The highest BCUT2D eigenvalue weighted by Crippen LogP contribution is 2.22. The number of nitrogens with zero attached hydrogens (tertiary/aromatic N) is 4. The average Bonchev–Trinajstić information content (AvgIpc) is 3.28. The highest BCUT2D eigenvalue weighted by molar-refractivity contribution is 7.91. The van der Waals surface area contributed by atoms with Crippen LogP contribution >= 0.6 is 0 Å². The van der Waals surface area contributed by atoms with Crippen LogP contribution in [0.2, 0.25) is 0 Å². The molecule has 0 N–H and O–H groups in total. The molecule has 1 atom stereocenters. The molecule has 0 saturated carbocycles. The Balaban J connectivity index is 1.32. The van der Waals surface area contributed by atoms with E-state index in [1.165, 1.54) is 0 Å². The second kappa shape index (κ2) is 7.63. The van der Waals surface area contributed by atoms with E-state index in [1.807, 2.05) is 31.2 Å². The van der Waals surface area contributed by atoms with Gasteiger partial charge in [-0.25, -0.2) is 8.42 Å². The first-order valence-corrected chi connectivity index (χ1v) is 11.3. The molecule has 1 aromatic heterocycles. The molecule has 2 fully saturated rings. The topological polar surface area (TPSA) is 96.6 Å². The maximum atomic E-state index is 12.5. The highest BCUT2D eigenvalue weighted by Gasteiger charge is 2.36. The monoisotopic (exact) mass is 404 g/mol. The quantitative estimate of drug-likeness (QED) is 0.753. The molecule has 2 aromatic rings. The Morgan fingerprint density at radius 3 is 2.64 bits per heavy atom. The molecule has 2 aliphatic heterocycles. The summed E-state index contributed by atoms with van der Waals surface area (Å²) < 4.78 is 28.6. The van der Waals surface area contributed by atoms with Gasteiger partial charge < -0.3 is 9.42 Å². The molecule has 4 rings (SSSR count). The van der Waals surface area contributed by atoms with Crippen LogP contribution in [0, 0.1) is 12.8 Å². The van der Waals surface area contributed by atoms with Crippen molar-refractivity contribution in [3.05, 3.63) is 35.7 Å². The van der Waals surface area contributed by atoms with E-state index in [9.17, 15) is 13.2 Å². The molecule has 0 bridgehead atoms. The van der Waals surface area contributed by atoms with E-state index in [4.69, 9.17) is 4.52 Å². The van der Waals surface area contributed by atoms with Crippen molar-refractivity contribution in [2.24, 2.45) is 5.92 Å². The van der Waals surface area contributed by atoms with Gasteiger partial charge in [0.1, 0.15) is 0 Å². The van der Waals surface area contributed by atoms with Gasteiger partial charge in [0, 0.05) is 31.7 Å². The van der Waals surface area contributed by atoms with Crippen LogP contribution < -0.4 is 0 Å². The van der Waals surface area contributed by atoms with Crippen LogP contribution in [-0.4, -0.2) is 72.0 Å². The number of hydrogen-bond donors (Lipinski definition) is 0. The predicted molar refractivity (Wildman–Crippen MR) is 103 cm³/mol. The Labute approximate surface area is 164 Å². The fourth-order valence-corrected chi connectivity index (χ4v) is 5.55. The number of aryl methyl sites for hydroxylation is 1. The molecule has 150 valence electrons. The Morgan fingerprint density at radius 2 is 1.96 bits per heavy atom. The first-order valence-electron chi connectivity index (χ1n) is 9.51. The van der Waals surface area contributed by atoms with Crippen molar-refractivity contribution < 1.29 is 17.7 Å². The summed E-state index contributed by atoms with van der Waals surface area (Å²) in [5.74, 6) is 0.869. The van der Waals surface area contributed by atoms with Gasteiger partial charge in [-0.05, 0) is 18.9 Å². The summed E-state index contributed by atoms with van der Waals surface area (Å²) in [5.41, 5.74) is 2.05. The molecule has 0 spiro atoms. The summed E-state index contributed by atoms with van der Waals surface area (Å²) in [6.07, 6.45) is 0.449.